The van der Waals surface area contributed by atoms with Crippen molar-refractivity contribution in [2.24, 2.45) is 0 Å². The maximum Gasteiger partial charge on any atom is 0.255 e. The standard InChI is InChI=1S/C25H24N2O3/c1-30-23-9-5-4-8-22(23)27-25(29)18-12-14-20(15-13-18)26-24(28)16-19-11-10-17-6-2-3-7-21(17)19/h2-9,12-15,19H,10-11,16H2,1H3,(H,26,28)(H,27,29). The number of nitrogens with one attached hydrogen (secondary N) is 2. The lowest BCUT2D eigenvalue weighted by Gasteiger charge is -2.12. The molecule has 30 heavy (non-hydrogen) atoms. The van der Waals surface area contributed by atoms with E-state index in [0.29, 0.717) is 29.1 Å². The van der Waals surface area contributed by atoms with Crippen molar-refractivity contribution in [1.29, 1.82) is 0 Å². The van der Waals surface area contributed by atoms with Gasteiger partial charge in [0.2, 0.25) is 5.91 Å². The lowest BCUT2D eigenvalue weighted by atomic mass is 9.97. The van der Waals surface area contributed by atoms with E-state index in [-0.39, 0.29) is 17.7 Å². The fraction of sp³-hybridized carbons (Fsp3) is 0.200. The first-order valence-corrected chi connectivity index (χ1v) is 10.1. The molecule has 1 unspecified atom stereocenters. The van der Waals surface area contributed by atoms with Crippen molar-refractivity contribution in [2.45, 2.75) is 25.2 Å². The number of amides is 2. The van der Waals surface area contributed by atoms with Crippen LogP contribution in [-0.4, -0.2) is 18.9 Å². The molecule has 0 saturated heterocycles. The predicted octanol–water partition coefficient (Wildman–Crippen LogP) is 5.01. The van der Waals surface area contributed by atoms with Crippen LogP contribution in [0.1, 0.15) is 40.2 Å². The fourth-order valence-corrected chi connectivity index (χ4v) is 3.94. The molecule has 0 radical (unpaired) electrons. The predicted molar refractivity (Wildman–Crippen MR) is 118 cm³/mol. The van der Waals surface area contributed by atoms with Crippen LogP contribution in [0.4, 0.5) is 11.4 Å². The average Bonchev–Trinajstić information content (AvgIpc) is 3.17. The maximum absolute atomic E-state index is 12.5. The number of hydrogen-bond donors (Lipinski definition) is 2. The van der Waals surface area contributed by atoms with Gasteiger partial charge in [0.15, 0.2) is 0 Å². The molecule has 2 N–H and O–H groups in total. The second-order valence-corrected chi connectivity index (χ2v) is 7.42. The van der Waals surface area contributed by atoms with Gasteiger partial charge in [0.25, 0.3) is 5.91 Å². The zero-order chi connectivity index (χ0) is 20.9. The van der Waals surface area contributed by atoms with Crippen molar-refractivity contribution in [3.05, 3.63) is 89.5 Å². The van der Waals surface area contributed by atoms with Gasteiger partial charge in [-0.2, -0.15) is 0 Å². The summed E-state index contributed by atoms with van der Waals surface area (Å²) in [6, 6.07) is 22.5. The molecule has 4 rings (SSSR count). The lowest BCUT2D eigenvalue weighted by Crippen LogP contribution is -2.15. The average molecular weight is 400 g/mol. The Labute approximate surface area is 176 Å². The largest absolute Gasteiger partial charge is 0.495 e. The Balaban J connectivity index is 1.35. The zero-order valence-corrected chi connectivity index (χ0v) is 16.9. The second-order valence-electron chi connectivity index (χ2n) is 7.42. The van der Waals surface area contributed by atoms with Crippen LogP contribution in [0.15, 0.2) is 72.8 Å². The van der Waals surface area contributed by atoms with Gasteiger partial charge in [-0.3, -0.25) is 9.59 Å². The van der Waals surface area contributed by atoms with Gasteiger partial charge in [-0.15, -0.1) is 0 Å². The molecule has 3 aromatic rings. The quantitative estimate of drug-likeness (QED) is 0.611. The Kier molecular flexibility index (Phi) is 5.80. The van der Waals surface area contributed by atoms with Gasteiger partial charge in [0, 0.05) is 17.7 Å². The number of carbonyl (C=O) groups excluding carboxylic acids is 2. The van der Waals surface area contributed by atoms with Crippen molar-refractivity contribution < 1.29 is 14.3 Å². The van der Waals surface area contributed by atoms with Crippen molar-refractivity contribution in [2.75, 3.05) is 17.7 Å². The van der Waals surface area contributed by atoms with E-state index >= 15 is 0 Å². The van der Waals surface area contributed by atoms with Gasteiger partial charge in [-0.25, -0.2) is 0 Å². The summed E-state index contributed by atoms with van der Waals surface area (Å²) in [7, 11) is 1.56. The molecule has 0 aromatic heterocycles. The summed E-state index contributed by atoms with van der Waals surface area (Å²) in [5, 5.41) is 5.79. The van der Waals surface area contributed by atoms with Gasteiger partial charge >= 0.3 is 0 Å². The first kappa shape index (κ1) is 19.7. The summed E-state index contributed by atoms with van der Waals surface area (Å²) in [5.74, 6) is 0.623. The van der Waals surface area contributed by atoms with Crippen LogP contribution in [0.2, 0.25) is 0 Å². The Morgan fingerprint density at radius 3 is 2.47 bits per heavy atom. The Morgan fingerprint density at radius 1 is 0.933 bits per heavy atom. The highest BCUT2D eigenvalue weighted by atomic mass is 16.5. The van der Waals surface area contributed by atoms with E-state index in [4.69, 9.17) is 4.74 Å². The summed E-state index contributed by atoms with van der Waals surface area (Å²) in [5.41, 5.74) is 4.43. The van der Waals surface area contributed by atoms with Gasteiger partial charge in [-0.1, -0.05) is 36.4 Å². The van der Waals surface area contributed by atoms with Crippen molar-refractivity contribution in [1.82, 2.24) is 0 Å². The van der Waals surface area contributed by atoms with Crippen molar-refractivity contribution in [3.63, 3.8) is 0 Å². The number of ether oxygens (including phenoxy) is 1. The van der Waals surface area contributed by atoms with Crippen LogP contribution in [-0.2, 0) is 11.2 Å². The first-order valence-electron chi connectivity index (χ1n) is 10.1. The number of rotatable bonds is 6. The third-order valence-corrected chi connectivity index (χ3v) is 5.47. The van der Waals surface area contributed by atoms with E-state index in [2.05, 4.69) is 22.8 Å². The van der Waals surface area contributed by atoms with Crippen LogP contribution < -0.4 is 15.4 Å². The molecule has 1 aliphatic rings. The Morgan fingerprint density at radius 2 is 1.67 bits per heavy atom. The minimum Gasteiger partial charge on any atom is -0.495 e. The third kappa shape index (κ3) is 4.35. The number of carbonyl (C=O) groups is 2. The number of aryl methyl sites for hydroxylation is 1. The van der Waals surface area contributed by atoms with Crippen molar-refractivity contribution in [3.8, 4) is 5.75 Å². The molecule has 152 valence electrons. The van der Waals surface area contributed by atoms with E-state index < -0.39 is 0 Å². The molecule has 0 saturated carbocycles. The normalized spacial score (nSPS) is 14.6. The summed E-state index contributed by atoms with van der Waals surface area (Å²) in [6.07, 6.45) is 2.51. The summed E-state index contributed by atoms with van der Waals surface area (Å²) >= 11 is 0. The van der Waals surface area contributed by atoms with E-state index in [0.717, 1.165) is 12.8 Å². The smallest absolute Gasteiger partial charge is 0.255 e. The molecular weight excluding hydrogens is 376 g/mol. The number of hydrogen-bond acceptors (Lipinski definition) is 3. The summed E-state index contributed by atoms with van der Waals surface area (Å²) in [4.78, 5) is 25.0. The van der Waals surface area contributed by atoms with Gasteiger partial charge < -0.3 is 15.4 Å². The molecule has 5 heteroatoms. The SMILES string of the molecule is COc1ccccc1NC(=O)c1ccc(NC(=O)CC2CCc3ccccc32)cc1. The highest BCUT2D eigenvalue weighted by molar-refractivity contribution is 6.05. The van der Waals surface area contributed by atoms with Crippen LogP contribution in [0, 0.1) is 0 Å². The van der Waals surface area contributed by atoms with Crippen LogP contribution in [0.3, 0.4) is 0 Å². The molecule has 5 nitrogen and oxygen atoms in total. The first-order chi connectivity index (χ1) is 14.6. The highest BCUT2D eigenvalue weighted by Gasteiger charge is 2.24. The minimum atomic E-state index is -0.236. The molecule has 0 bridgehead atoms. The third-order valence-electron chi connectivity index (χ3n) is 5.47. The Bertz CT molecular complexity index is 1060. The molecule has 2 amide bonds. The second kappa shape index (κ2) is 8.82. The zero-order valence-electron chi connectivity index (χ0n) is 16.9. The van der Waals surface area contributed by atoms with E-state index in [9.17, 15) is 9.59 Å². The molecular formula is C25H24N2O3. The van der Waals surface area contributed by atoms with Gasteiger partial charge in [0.1, 0.15) is 5.75 Å². The van der Waals surface area contributed by atoms with E-state index in [1.165, 1.54) is 11.1 Å². The topological polar surface area (TPSA) is 67.4 Å². The number of anilines is 2. The van der Waals surface area contributed by atoms with Crippen LogP contribution in [0.5, 0.6) is 5.75 Å². The fourth-order valence-electron chi connectivity index (χ4n) is 3.94. The number of para-hydroxylation sites is 2. The van der Waals surface area contributed by atoms with E-state index in [1.54, 1.807) is 43.5 Å². The lowest BCUT2D eigenvalue weighted by molar-refractivity contribution is -0.116. The molecule has 0 aliphatic heterocycles. The molecule has 3 aromatic carbocycles. The highest BCUT2D eigenvalue weighted by Crippen LogP contribution is 2.35. The number of fused-ring (bicyclic) bond motifs is 1. The number of methoxy groups -OCH3 is 1. The van der Waals surface area contributed by atoms with Crippen molar-refractivity contribution >= 4 is 23.2 Å². The van der Waals surface area contributed by atoms with Crippen LogP contribution >= 0.6 is 0 Å². The molecule has 1 aliphatic carbocycles. The minimum absolute atomic E-state index is 0.0112. The summed E-state index contributed by atoms with van der Waals surface area (Å²) < 4.78 is 5.26. The molecule has 0 spiro atoms. The Hall–Kier alpha value is -3.60. The van der Waals surface area contributed by atoms with Crippen LogP contribution in [0.25, 0.3) is 0 Å². The molecule has 1 atom stereocenters. The van der Waals surface area contributed by atoms with Gasteiger partial charge in [-0.05, 0) is 66.3 Å². The maximum atomic E-state index is 12.5. The monoisotopic (exact) mass is 400 g/mol. The van der Waals surface area contributed by atoms with Gasteiger partial charge in [0.05, 0.1) is 12.8 Å². The van der Waals surface area contributed by atoms with E-state index in [1.807, 2.05) is 24.3 Å². The molecule has 0 fully saturated rings. The summed E-state index contributed by atoms with van der Waals surface area (Å²) in [6.45, 7) is 0. The number of benzene rings is 3. The molecule has 0 heterocycles.